The number of methoxy groups -OCH3 is 2. The van der Waals surface area contributed by atoms with E-state index in [1.807, 2.05) is 6.20 Å². The smallest absolute Gasteiger partial charge is 0.208 e. The van der Waals surface area contributed by atoms with Crippen LogP contribution >= 0.6 is 0 Å². The number of aromatic nitrogens is 1. The van der Waals surface area contributed by atoms with Crippen LogP contribution in [0.15, 0.2) is 18.0 Å². The van der Waals surface area contributed by atoms with Crippen molar-refractivity contribution in [1.82, 2.24) is 4.57 Å². The molecule has 0 saturated heterocycles. The fraction of sp³-hybridized carbons (Fsp3) is 0.500. The second-order valence-electron chi connectivity index (χ2n) is 4.98. The summed E-state index contributed by atoms with van der Waals surface area (Å²) < 4.78 is 13.7. The molecule has 19 heavy (non-hydrogen) atoms. The Morgan fingerprint density at radius 3 is 2.95 bits per heavy atom. The third-order valence-electron chi connectivity index (χ3n) is 3.90. The Morgan fingerprint density at radius 1 is 1.37 bits per heavy atom. The van der Waals surface area contributed by atoms with Gasteiger partial charge in [-0.3, -0.25) is 0 Å². The summed E-state index contributed by atoms with van der Waals surface area (Å²) in [5.74, 6) is 1.58. The van der Waals surface area contributed by atoms with Crippen molar-refractivity contribution in [3.05, 3.63) is 28.9 Å². The van der Waals surface area contributed by atoms with E-state index in [4.69, 9.17) is 9.47 Å². The molecule has 5 heteroatoms. The number of hydrogen-bond acceptors (Lipinski definition) is 3. The van der Waals surface area contributed by atoms with Crippen LogP contribution < -0.4 is 9.47 Å². The molecule has 2 heterocycles. The lowest BCUT2D eigenvalue weighted by Gasteiger charge is -2.20. The summed E-state index contributed by atoms with van der Waals surface area (Å²) in [6.45, 7) is 0.802. The minimum absolute atomic E-state index is 0.283. The second-order valence-corrected chi connectivity index (χ2v) is 4.98. The number of hydrogen-bond donors (Lipinski definition) is 0. The van der Waals surface area contributed by atoms with Gasteiger partial charge >= 0.3 is 0 Å². The first-order valence-electron chi connectivity index (χ1n) is 6.57. The van der Waals surface area contributed by atoms with E-state index in [1.165, 1.54) is 0 Å². The largest absolute Gasteiger partial charge is 0.618 e. The van der Waals surface area contributed by atoms with Crippen LogP contribution in [0, 0.1) is 11.1 Å². The average Bonchev–Trinajstić information content (AvgIpc) is 2.69. The molecule has 102 valence electrons. The number of rotatable bonds is 2. The highest BCUT2D eigenvalue weighted by Crippen LogP contribution is 2.36. The second kappa shape index (κ2) is 4.64. The van der Waals surface area contributed by atoms with E-state index >= 15 is 0 Å². The van der Waals surface area contributed by atoms with Gasteiger partial charge in [-0.1, -0.05) is 0 Å². The quantitative estimate of drug-likeness (QED) is 0.606. The van der Waals surface area contributed by atoms with Gasteiger partial charge in [-0.15, -0.1) is 0 Å². The Labute approximate surface area is 112 Å². The van der Waals surface area contributed by atoms with E-state index < -0.39 is 0 Å². The zero-order valence-corrected chi connectivity index (χ0v) is 11.3. The van der Waals surface area contributed by atoms with Crippen molar-refractivity contribution in [2.24, 2.45) is 5.92 Å². The van der Waals surface area contributed by atoms with Gasteiger partial charge in [0.25, 0.3) is 0 Å². The summed E-state index contributed by atoms with van der Waals surface area (Å²) >= 11 is 0. The normalized spacial score (nSPS) is 21.7. The van der Waals surface area contributed by atoms with Gasteiger partial charge in [-0.25, -0.2) is 0 Å². The highest BCUT2D eigenvalue weighted by atomic mass is 16.5. The predicted octanol–water partition coefficient (Wildman–Crippen LogP) is 2.13. The van der Waals surface area contributed by atoms with Crippen molar-refractivity contribution in [2.45, 2.75) is 25.8 Å². The number of hydroxylamine groups is 1. The zero-order valence-electron chi connectivity index (χ0n) is 11.3. The van der Waals surface area contributed by atoms with Crippen LogP contribution in [0.1, 0.15) is 25.0 Å². The molecule has 3 rings (SSSR count). The molecule has 5 nitrogen and oxygen atoms in total. The Kier molecular flexibility index (Phi) is 2.97. The topological polar surface area (TPSA) is 49.5 Å². The number of allylic oxidation sites excluding steroid dienone is 2. The summed E-state index contributed by atoms with van der Waals surface area (Å²) in [6, 6.07) is 0. The van der Waals surface area contributed by atoms with Gasteiger partial charge in [-0.2, -0.15) is 4.74 Å². The van der Waals surface area contributed by atoms with E-state index in [0.29, 0.717) is 11.5 Å². The van der Waals surface area contributed by atoms with Crippen molar-refractivity contribution < 1.29 is 14.2 Å². The number of ether oxygens (including phenoxy) is 2. The molecule has 1 aromatic heterocycles. The summed E-state index contributed by atoms with van der Waals surface area (Å²) in [7, 11) is 3.21. The minimum atomic E-state index is 0.283. The third kappa shape index (κ3) is 1.89. The molecule has 2 aliphatic rings. The standard InChI is InChI=1S/C14H18N2O3/c1-18-13-9-15-7-10-5-3-4-6-11(10)16(17)8-12(15)14(13)19-2/h6,8-10H,3-5,7H2,1-2H3/t10-/m0/s1. The Morgan fingerprint density at radius 2 is 2.21 bits per heavy atom. The lowest BCUT2D eigenvalue weighted by molar-refractivity contribution is -0.406. The summed E-state index contributed by atoms with van der Waals surface area (Å²) in [4.78, 5) is 0. The van der Waals surface area contributed by atoms with Crippen molar-refractivity contribution in [3.63, 3.8) is 0 Å². The van der Waals surface area contributed by atoms with Crippen LogP contribution in [0.2, 0.25) is 0 Å². The Balaban J connectivity index is 2.12. The first-order chi connectivity index (χ1) is 9.24. The van der Waals surface area contributed by atoms with Crippen LogP contribution in [-0.4, -0.2) is 29.7 Å². The lowest BCUT2D eigenvalue weighted by atomic mass is 9.92. The monoisotopic (exact) mass is 262 g/mol. The van der Waals surface area contributed by atoms with Crippen LogP contribution in [0.25, 0.3) is 0 Å². The van der Waals surface area contributed by atoms with Crippen LogP contribution in [0.5, 0.6) is 11.5 Å². The maximum absolute atomic E-state index is 12.3. The van der Waals surface area contributed by atoms with Gasteiger partial charge in [0.15, 0.2) is 22.9 Å². The molecule has 0 radical (unpaired) electrons. The van der Waals surface area contributed by atoms with E-state index in [0.717, 1.165) is 41.9 Å². The predicted molar refractivity (Wildman–Crippen MR) is 71.8 cm³/mol. The van der Waals surface area contributed by atoms with Crippen molar-refractivity contribution in [1.29, 1.82) is 0 Å². The van der Waals surface area contributed by atoms with E-state index in [-0.39, 0.29) is 5.92 Å². The highest BCUT2D eigenvalue weighted by Gasteiger charge is 2.31. The summed E-state index contributed by atoms with van der Waals surface area (Å²) in [5.41, 5.74) is 1.67. The SMILES string of the molecule is COc1cn2c(c1OC)C=[N+]([O-])C1=CCCC[C@H]1C2. The maximum atomic E-state index is 12.3. The molecular formula is C14H18N2O3. The molecule has 0 fully saturated rings. The summed E-state index contributed by atoms with van der Waals surface area (Å²) in [6.07, 6.45) is 8.77. The first-order valence-corrected chi connectivity index (χ1v) is 6.57. The van der Waals surface area contributed by atoms with Crippen LogP contribution in [0.3, 0.4) is 0 Å². The zero-order chi connectivity index (χ0) is 13.4. The lowest BCUT2D eigenvalue weighted by Crippen LogP contribution is -2.18. The van der Waals surface area contributed by atoms with Gasteiger partial charge in [0.05, 0.1) is 26.3 Å². The number of fused-ring (bicyclic) bond motifs is 2. The minimum Gasteiger partial charge on any atom is -0.618 e. The molecule has 0 N–H and O–H groups in total. The fourth-order valence-electron chi connectivity index (χ4n) is 2.97. The molecule has 0 bridgehead atoms. The van der Waals surface area contributed by atoms with Gasteiger partial charge in [0.2, 0.25) is 6.21 Å². The van der Waals surface area contributed by atoms with Gasteiger partial charge in [0.1, 0.15) is 0 Å². The molecule has 1 aliphatic carbocycles. The van der Waals surface area contributed by atoms with Crippen molar-refractivity contribution >= 4 is 6.21 Å². The van der Waals surface area contributed by atoms with Crippen LogP contribution in [-0.2, 0) is 6.54 Å². The highest BCUT2D eigenvalue weighted by molar-refractivity contribution is 5.81. The maximum Gasteiger partial charge on any atom is 0.208 e. The first kappa shape index (κ1) is 12.1. The van der Waals surface area contributed by atoms with Gasteiger partial charge in [-0.05, 0) is 25.3 Å². The molecule has 1 aromatic rings. The molecule has 0 saturated carbocycles. The Hall–Kier alpha value is -1.91. The van der Waals surface area contributed by atoms with Gasteiger partial charge in [0, 0.05) is 6.54 Å². The van der Waals surface area contributed by atoms with Crippen LogP contribution in [0.4, 0.5) is 0 Å². The van der Waals surface area contributed by atoms with Crippen molar-refractivity contribution in [2.75, 3.05) is 14.2 Å². The summed E-state index contributed by atoms with van der Waals surface area (Å²) in [5, 5.41) is 12.3. The molecular weight excluding hydrogens is 244 g/mol. The molecule has 0 amide bonds. The molecule has 1 aliphatic heterocycles. The fourth-order valence-corrected chi connectivity index (χ4v) is 2.97. The molecule has 1 atom stereocenters. The van der Waals surface area contributed by atoms with E-state index in [9.17, 15) is 5.21 Å². The third-order valence-corrected chi connectivity index (χ3v) is 3.90. The molecule has 0 spiro atoms. The van der Waals surface area contributed by atoms with Crippen molar-refractivity contribution in [3.8, 4) is 11.5 Å². The Bertz CT molecular complexity index is 557. The number of nitrogens with zero attached hydrogens (tertiary/aromatic N) is 2. The van der Waals surface area contributed by atoms with Gasteiger partial charge < -0.3 is 19.2 Å². The van der Waals surface area contributed by atoms with E-state index in [2.05, 4.69) is 10.6 Å². The van der Waals surface area contributed by atoms with E-state index in [1.54, 1.807) is 20.4 Å². The molecule has 0 unspecified atom stereocenters. The average molecular weight is 262 g/mol. The molecule has 0 aromatic carbocycles.